The van der Waals surface area contributed by atoms with Crippen LogP contribution in [0.1, 0.15) is 18.4 Å². The summed E-state index contributed by atoms with van der Waals surface area (Å²) >= 11 is 0. The van der Waals surface area contributed by atoms with E-state index in [0.29, 0.717) is 38.6 Å². The molecule has 0 aliphatic rings. The zero-order valence-electron chi connectivity index (χ0n) is 11.0. The van der Waals surface area contributed by atoms with Gasteiger partial charge in [0.05, 0.1) is 18.9 Å². The van der Waals surface area contributed by atoms with E-state index in [9.17, 15) is 4.79 Å². The summed E-state index contributed by atoms with van der Waals surface area (Å²) in [5.74, 6) is 0.666. The van der Waals surface area contributed by atoms with Crippen LogP contribution in [0.3, 0.4) is 0 Å². The van der Waals surface area contributed by atoms with E-state index in [0.717, 1.165) is 12.2 Å². The number of aromatic amines is 1. The van der Waals surface area contributed by atoms with Crippen LogP contribution in [0, 0.1) is 0 Å². The van der Waals surface area contributed by atoms with Crippen LogP contribution in [0.2, 0.25) is 0 Å². The third-order valence-electron chi connectivity index (χ3n) is 2.32. The summed E-state index contributed by atoms with van der Waals surface area (Å²) in [5.41, 5.74) is 0.612. The van der Waals surface area contributed by atoms with Gasteiger partial charge in [-0.2, -0.15) is 0 Å². The number of aromatic nitrogens is 2. The van der Waals surface area contributed by atoms with Gasteiger partial charge in [-0.05, 0) is 6.92 Å². The van der Waals surface area contributed by atoms with Gasteiger partial charge < -0.3 is 19.8 Å². The van der Waals surface area contributed by atoms with Gasteiger partial charge in [-0.3, -0.25) is 4.79 Å². The van der Waals surface area contributed by atoms with Crippen molar-refractivity contribution < 1.29 is 9.47 Å². The Kier molecular flexibility index (Phi) is 7.24. The minimum Gasteiger partial charge on any atom is -0.383 e. The van der Waals surface area contributed by atoms with Crippen molar-refractivity contribution in [2.24, 2.45) is 0 Å². The zero-order chi connectivity index (χ0) is 13.2. The van der Waals surface area contributed by atoms with Gasteiger partial charge in [0.1, 0.15) is 5.82 Å². The zero-order valence-corrected chi connectivity index (χ0v) is 11.0. The molecule has 1 aromatic rings. The molecule has 0 saturated carbocycles. The first kappa shape index (κ1) is 14.8. The molecule has 0 spiro atoms. The molecule has 18 heavy (non-hydrogen) atoms. The van der Waals surface area contributed by atoms with Crippen molar-refractivity contribution in [2.45, 2.75) is 19.9 Å². The lowest BCUT2D eigenvalue weighted by Crippen LogP contribution is -2.22. The molecular formula is C12H21N3O3. The van der Waals surface area contributed by atoms with Crippen LogP contribution in [0.15, 0.2) is 10.9 Å². The normalized spacial score (nSPS) is 10.8. The van der Waals surface area contributed by atoms with Crippen LogP contribution in [0.5, 0.6) is 0 Å². The van der Waals surface area contributed by atoms with Crippen LogP contribution in [-0.4, -0.2) is 43.4 Å². The van der Waals surface area contributed by atoms with Crippen molar-refractivity contribution in [1.82, 2.24) is 15.3 Å². The quantitative estimate of drug-likeness (QED) is 0.611. The number of H-pyrrole nitrogens is 1. The van der Waals surface area contributed by atoms with Crippen LogP contribution in [-0.2, 0) is 22.4 Å². The summed E-state index contributed by atoms with van der Waals surface area (Å²) in [6.07, 6.45) is 0.620. The first-order valence-corrected chi connectivity index (χ1v) is 6.12. The van der Waals surface area contributed by atoms with Gasteiger partial charge in [0, 0.05) is 39.3 Å². The maximum Gasteiger partial charge on any atom is 0.251 e. The molecule has 1 heterocycles. The van der Waals surface area contributed by atoms with Gasteiger partial charge in [0.25, 0.3) is 5.56 Å². The highest BCUT2D eigenvalue weighted by atomic mass is 16.5. The monoisotopic (exact) mass is 255 g/mol. The molecule has 1 rings (SSSR count). The van der Waals surface area contributed by atoms with E-state index >= 15 is 0 Å². The van der Waals surface area contributed by atoms with Crippen molar-refractivity contribution in [3.63, 3.8) is 0 Å². The molecule has 6 heteroatoms. The maximum atomic E-state index is 11.4. The van der Waals surface area contributed by atoms with Gasteiger partial charge in [0.15, 0.2) is 0 Å². The van der Waals surface area contributed by atoms with Gasteiger partial charge in [0.2, 0.25) is 0 Å². The summed E-state index contributed by atoms with van der Waals surface area (Å²) in [6.45, 7) is 5.11. The second-order valence-corrected chi connectivity index (χ2v) is 3.80. The van der Waals surface area contributed by atoms with Gasteiger partial charge in [-0.15, -0.1) is 0 Å². The molecule has 0 fully saturated rings. The first-order chi connectivity index (χ1) is 8.76. The highest BCUT2D eigenvalue weighted by Crippen LogP contribution is 1.94. The van der Waals surface area contributed by atoms with E-state index in [-0.39, 0.29) is 5.56 Å². The largest absolute Gasteiger partial charge is 0.383 e. The van der Waals surface area contributed by atoms with Crippen molar-refractivity contribution >= 4 is 0 Å². The van der Waals surface area contributed by atoms with E-state index in [2.05, 4.69) is 15.3 Å². The summed E-state index contributed by atoms with van der Waals surface area (Å²) in [4.78, 5) is 18.5. The molecule has 2 N–H and O–H groups in total. The Bertz CT molecular complexity index is 392. The predicted molar refractivity (Wildman–Crippen MR) is 68.6 cm³/mol. The van der Waals surface area contributed by atoms with Crippen molar-refractivity contribution in [1.29, 1.82) is 0 Å². The van der Waals surface area contributed by atoms with Gasteiger partial charge in [-0.1, -0.05) is 0 Å². The molecule has 1 aromatic heterocycles. The number of nitrogens with zero attached hydrogens (tertiary/aromatic N) is 1. The van der Waals surface area contributed by atoms with Gasteiger partial charge in [-0.25, -0.2) is 4.98 Å². The van der Waals surface area contributed by atoms with Crippen LogP contribution in [0.25, 0.3) is 0 Å². The number of methoxy groups -OCH3 is 1. The van der Waals surface area contributed by atoms with E-state index < -0.39 is 0 Å². The third-order valence-corrected chi connectivity index (χ3v) is 2.32. The fourth-order valence-corrected chi connectivity index (χ4v) is 1.48. The smallest absolute Gasteiger partial charge is 0.251 e. The summed E-state index contributed by atoms with van der Waals surface area (Å²) in [6, 6.07) is 1.50. The number of hydrogen-bond donors (Lipinski definition) is 2. The Morgan fingerprint density at radius 1 is 1.44 bits per heavy atom. The molecule has 102 valence electrons. The Balaban J connectivity index is 2.49. The highest BCUT2D eigenvalue weighted by Gasteiger charge is 2.01. The topological polar surface area (TPSA) is 76.2 Å². The second-order valence-electron chi connectivity index (χ2n) is 3.80. The van der Waals surface area contributed by atoms with Crippen molar-refractivity contribution in [2.75, 3.05) is 33.5 Å². The fraction of sp³-hybridized carbons (Fsp3) is 0.667. The lowest BCUT2D eigenvalue weighted by atomic mass is 10.3. The van der Waals surface area contributed by atoms with E-state index in [1.165, 1.54) is 6.07 Å². The summed E-state index contributed by atoms with van der Waals surface area (Å²) < 4.78 is 10.2. The predicted octanol–water partition coefficient (Wildman–Crippen LogP) is 0.0849. The highest BCUT2D eigenvalue weighted by molar-refractivity contribution is 5.02. The SMILES string of the molecule is CCOCCc1nc(CNCCOC)cc(=O)[nH]1. The van der Waals surface area contributed by atoms with E-state index in [1.54, 1.807) is 7.11 Å². The number of ether oxygens (including phenoxy) is 2. The molecule has 0 amide bonds. The molecular weight excluding hydrogens is 234 g/mol. The molecule has 6 nitrogen and oxygen atoms in total. The lowest BCUT2D eigenvalue weighted by Gasteiger charge is -2.06. The number of nitrogens with one attached hydrogen (secondary N) is 2. The molecule has 0 aliphatic carbocycles. The summed E-state index contributed by atoms with van der Waals surface area (Å²) in [5, 5.41) is 3.15. The first-order valence-electron chi connectivity index (χ1n) is 6.12. The van der Waals surface area contributed by atoms with Crippen LogP contribution < -0.4 is 10.9 Å². The Morgan fingerprint density at radius 2 is 2.28 bits per heavy atom. The van der Waals surface area contributed by atoms with Crippen molar-refractivity contribution in [3.8, 4) is 0 Å². The minimum atomic E-state index is -0.125. The minimum absolute atomic E-state index is 0.125. The van der Waals surface area contributed by atoms with Gasteiger partial charge >= 0.3 is 0 Å². The molecule has 0 radical (unpaired) electrons. The van der Waals surface area contributed by atoms with Crippen molar-refractivity contribution in [3.05, 3.63) is 27.9 Å². The Hall–Kier alpha value is -1.24. The third kappa shape index (κ3) is 5.90. The maximum absolute atomic E-state index is 11.4. The Morgan fingerprint density at radius 3 is 3.00 bits per heavy atom. The average molecular weight is 255 g/mol. The second kappa shape index (κ2) is 8.79. The molecule has 0 aromatic carbocycles. The molecule has 0 unspecified atom stereocenters. The van der Waals surface area contributed by atoms with E-state index in [4.69, 9.17) is 9.47 Å². The molecule has 0 saturated heterocycles. The number of hydrogen-bond acceptors (Lipinski definition) is 5. The standard InChI is InChI=1S/C12H21N3O3/c1-3-18-6-4-11-14-10(8-12(16)15-11)9-13-5-7-17-2/h8,13H,3-7,9H2,1-2H3,(H,14,15,16). The number of rotatable bonds is 9. The summed E-state index contributed by atoms with van der Waals surface area (Å²) in [7, 11) is 1.65. The lowest BCUT2D eigenvalue weighted by molar-refractivity contribution is 0.149. The average Bonchev–Trinajstić information content (AvgIpc) is 2.34. The van der Waals surface area contributed by atoms with Crippen LogP contribution in [0.4, 0.5) is 0 Å². The fourth-order valence-electron chi connectivity index (χ4n) is 1.48. The molecule has 0 atom stereocenters. The van der Waals surface area contributed by atoms with E-state index in [1.807, 2.05) is 6.92 Å². The molecule has 0 bridgehead atoms. The molecule has 0 aliphatic heterocycles. The van der Waals surface area contributed by atoms with Crippen LogP contribution >= 0.6 is 0 Å². The Labute approximate surface area is 107 Å².